The van der Waals surface area contributed by atoms with Gasteiger partial charge in [0.2, 0.25) is 5.91 Å². The molecule has 0 bridgehead atoms. The lowest BCUT2D eigenvalue weighted by molar-refractivity contribution is -0.116. The molecule has 1 aromatic heterocycles. The molecule has 0 spiro atoms. The number of rotatable bonds is 9. The van der Waals surface area contributed by atoms with Gasteiger partial charge in [-0.25, -0.2) is 8.42 Å². The van der Waals surface area contributed by atoms with Crippen LogP contribution in [0.25, 0.3) is 0 Å². The molecule has 1 heterocycles. The van der Waals surface area contributed by atoms with Crippen LogP contribution < -0.4 is 14.4 Å². The zero-order valence-electron chi connectivity index (χ0n) is 17.8. The number of nitrogens with zero attached hydrogens (tertiary/aromatic N) is 3. The van der Waals surface area contributed by atoms with E-state index in [4.69, 9.17) is 4.74 Å². The Kier molecular flexibility index (Phi) is 6.96. The van der Waals surface area contributed by atoms with Crippen molar-refractivity contribution in [2.45, 2.75) is 24.7 Å². The quantitative estimate of drug-likeness (QED) is 0.549. The van der Waals surface area contributed by atoms with Crippen molar-refractivity contribution in [2.24, 2.45) is 7.05 Å². The highest BCUT2D eigenvalue weighted by molar-refractivity contribution is 7.92. The molecule has 164 valence electrons. The van der Waals surface area contributed by atoms with Crippen LogP contribution in [-0.2, 0) is 28.3 Å². The summed E-state index contributed by atoms with van der Waals surface area (Å²) in [4.78, 5) is 12.6. The molecule has 0 aliphatic rings. The van der Waals surface area contributed by atoms with Crippen molar-refractivity contribution in [3.05, 3.63) is 66.5 Å². The smallest absolute Gasteiger partial charge is 0.264 e. The Morgan fingerprint density at radius 3 is 2.55 bits per heavy atom. The van der Waals surface area contributed by atoms with Gasteiger partial charge in [-0.3, -0.25) is 13.8 Å². The van der Waals surface area contributed by atoms with E-state index in [1.54, 1.807) is 48.1 Å². The van der Waals surface area contributed by atoms with Crippen LogP contribution in [0.1, 0.15) is 18.9 Å². The minimum Gasteiger partial charge on any atom is -0.495 e. The predicted molar refractivity (Wildman–Crippen MR) is 120 cm³/mol. The third-order valence-electron chi connectivity index (χ3n) is 4.76. The summed E-state index contributed by atoms with van der Waals surface area (Å²) < 4.78 is 34.9. The molecule has 1 amide bonds. The van der Waals surface area contributed by atoms with Crippen molar-refractivity contribution in [1.82, 2.24) is 9.78 Å². The van der Waals surface area contributed by atoms with Gasteiger partial charge in [-0.05, 0) is 49.2 Å². The Bertz CT molecular complexity index is 1140. The molecule has 0 saturated carbocycles. The number of benzene rings is 2. The number of nitrogens with one attached hydrogen (secondary N) is 1. The molecule has 0 aliphatic carbocycles. The molecule has 2 aromatic carbocycles. The number of para-hydroxylation sites is 1. The van der Waals surface area contributed by atoms with E-state index in [1.807, 2.05) is 19.3 Å². The standard InChI is InChI=1S/C22H26N4O4S/c1-4-26(18-8-6-5-7-9-18)31(28,29)19-11-12-21(30-3)20(14-19)24-22(27)13-10-17-15-23-25(2)16-17/h5-9,11-12,14-16H,4,10,13H2,1-3H3,(H,24,27). The highest BCUT2D eigenvalue weighted by Crippen LogP contribution is 2.31. The van der Waals surface area contributed by atoms with Gasteiger partial charge in [-0.1, -0.05) is 18.2 Å². The van der Waals surface area contributed by atoms with Crippen LogP contribution in [0.5, 0.6) is 5.75 Å². The summed E-state index contributed by atoms with van der Waals surface area (Å²) in [5.41, 5.74) is 1.83. The molecular formula is C22H26N4O4S. The predicted octanol–water partition coefficient (Wildman–Crippen LogP) is 3.22. The van der Waals surface area contributed by atoms with Crippen LogP contribution >= 0.6 is 0 Å². The number of methoxy groups -OCH3 is 1. The fourth-order valence-corrected chi connectivity index (χ4v) is 4.73. The van der Waals surface area contributed by atoms with E-state index in [-0.39, 0.29) is 23.8 Å². The average Bonchev–Trinajstić information content (AvgIpc) is 3.18. The van der Waals surface area contributed by atoms with Crippen LogP contribution in [0.2, 0.25) is 0 Å². The number of carbonyl (C=O) groups excluding carboxylic acids is 1. The summed E-state index contributed by atoms with van der Waals surface area (Å²) in [6, 6.07) is 13.3. The third kappa shape index (κ3) is 5.24. The number of carbonyl (C=O) groups is 1. The Hall–Kier alpha value is -3.33. The normalized spacial score (nSPS) is 11.2. The molecule has 0 unspecified atom stereocenters. The first-order valence-corrected chi connectivity index (χ1v) is 11.3. The number of aryl methyl sites for hydroxylation is 2. The first-order valence-electron chi connectivity index (χ1n) is 9.88. The molecule has 31 heavy (non-hydrogen) atoms. The fourth-order valence-electron chi connectivity index (χ4n) is 3.23. The van der Waals surface area contributed by atoms with E-state index >= 15 is 0 Å². The Morgan fingerprint density at radius 2 is 1.94 bits per heavy atom. The maximum atomic E-state index is 13.3. The van der Waals surface area contributed by atoms with Crippen molar-refractivity contribution >= 4 is 27.3 Å². The van der Waals surface area contributed by atoms with Gasteiger partial charge in [-0.2, -0.15) is 5.10 Å². The van der Waals surface area contributed by atoms with Gasteiger partial charge in [0, 0.05) is 26.2 Å². The second-order valence-electron chi connectivity index (χ2n) is 6.94. The summed E-state index contributed by atoms with van der Waals surface area (Å²) >= 11 is 0. The largest absolute Gasteiger partial charge is 0.495 e. The molecule has 3 rings (SSSR count). The summed E-state index contributed by atoms with van der Waals surface area (Å²) in [5.74, 6) is 0.142. The molecule has 1 N–H and O–H groups in total. The van der Waals surface area contributed by atoms with Gasteiger partial charge >= 0.3 is 0 Å². The van der Waals surface area contributed by atoms with E-state index in [2.05, 4.69) is 10.4 Å². The van der Waals surface area contributed by atoms with Gasteiger partial charge in [0.1, 0.15) is 5.75 Å². The molecule has 0 fully saturated rings. The zero-order chi connectivity index (χ0) is 22.4. The second-order valence-corrected chi connectivity index (χ2v) is 8.80. The summed E-state index contributed by atoms with van der Waals surface area (Å²) in [6.45, 7) is 2.04. The molecule has 9 heteroatoms. The molecular weight excluding hydrogens is 416 g/mol. The summed E-state index contributed by atoms with van der Waals surface area (Å²) in [5, 5.41) is 6.86. The van der Waals surface area contributed by atoms with Crippen LogP contribution in [0.3, 0.4) is 0 Å². The van der Waals surface area contributed by atoms with E-state index in [0.29, 0.717) is 23.5 Å². The number of amides is 1. The van der Waals surface area contributed by atoms with E-state index < -0.39 is 10.0 Å². The highest BCUT2D eigenvalue weighted by atomic mass is 32.2. The first-order chi connectivity index (χ1) is 14.8. The zero-order valence-corrected chi connectivity index (χ0v) is 18.6. The highest BCUT2D eigenvalue weighted by Gasteiger charge is 2.25. The maximum Gasteiger partial charge on any atom is 0.264 e. The van der Waals surface area contributed by atoms with E-state index in [1.165, 1.54) is 23.5 Å². The Morgan fingerprint density at radius 1 is 1.19 bits per heavy atom. The number of ether oxygens (including phenoxy) is 1. The van der Waals surface area contributed by atoms with Crippen molar-refractivity contribution in [3.63, 3.8) is 0 Å². The molecule has 0 saturated heterocycles. The SMILES string of the molecule is CCN(c1ccccc1)S(=O)(=O)c1ccc(OC)c(NC(=O)CCc2cnn(C)c2)c1. The van der Waals surface area contributed by atoms with Crippen molar-refractivity contribution in [2.75, 3.05) is 23.3 Å². The van der Waals surface area contributed by atoms with Gasteiger partial charge in [0.25, 0.3) is 10.0 Å². The summed E-state index contributed by atoms with van der Waals surface area (Å²) in [7, 11) is -0.540. The molecule has 0 aliphatic heterocycles. The molecule has 0 atom stereocenters. The van der Waals surface area contributed by atoms with E-state index in [0.717, 1.165) is 5.56 Å². The van der Waals surface area contributed by atoms with Crippen molar-refractivity contribution in [3.8, 4) is 5.75 Å². The van der Waals surface area contributed by atoms with Crippen LogP contribution in [0, 0.1) is 0 Å². The van der Waals surface area contributed by atoms with Crippen LogP contribution in [0.15, 0.2) is 65.8 Å². The third-order valence-corrected chi connectivity index (χ3v) is 6.66. The Labute approximate surface area is 182 Å². The lowest BCUT2D eigenvalue weighted by atomic mass is 10.2. The average molecular weight is 443 g/mol. The number of sulfonamides is 1. The minimum absolute atomic E-state index is 0.0709. The number of aromatic nitrogens is 2. The minimum atomic E-state index is -3.82. The lowest BCUT2D eigenvalue weighted by Gasteiger charge is -2.23. The van der Waals surface area contributed by atoms with Crippen LogP contribution in [-0.4, -0.2) is 37.8 Å². The monoisotopic (exact) mass is 442 g/mol. The topological polar surface area (TPSA) is 93.5 Å². The van der Waals surface area contributed by atoms with Gasteiger partial charge < -0.3 is 10.1 Å². The second kappa shape index (κ2) is 9.65. The van der Waals surface area contributed by atoms with Crippen molar-refractivity contribution < 1.29 is 17.9 Å². The first kappa shape index (κ1) is 22.4. The van der Waals surface area contributed by atoms with E-state index in [9.17, 15) is 13.2 Å². The van der Waals surface area contributed by atoms with Gasteiger partial charge in [0.05, 0.1) is 29.6 Å². The fraction of sp³-hybridized carbons (Fsp3) is 0.273. The number of anilines is 2. The van der Waals surface area contributed by atoms with Gasteiger partial charge in [0.15, 0.2) is 0 Å². The lowest BCUT2D eigenvalue weighted by Crippen LogP contribution is -2.30. The molecule has 0 radical (unpaired) electrons. The van der Waals surface area contributed by atoms with Crippen molar-refractivity contribution in [1.29, 1.82) is 0 Å². The summed E-state index contributed by atoms with van der Waals surface area (Å²) in [6.07, 6.45) is 4.32. The maximum absolute atomic E-state index is 13.3. The molecule has 8 nitrogen and oxygen atoms in total. The van der Waals surface area contributed by atoms with Crippen LogP contribution in [0.4, 0.5) is 11.4 Å². The Balaban J connectivity index is 1.83. The number of hydrogen-bond acceptors (Lipinski definition) is 5. The van der Waals surface area contributed by atoms with Gasteiger partial charge in [-0.15, -0.1) is 0 Å². The number of hydrogen-bond donors (Lipinski definition) is 1. The molecule has 3 aromatic rings.